The first-order chi connectivity index (χ1) is 5.65. The minimum atomic E-state index is 0.0561. The molecule has 12 heavy (non-hydrogen) atoms. The molecule has 1 rings (SSSR count). The second kappa shape index (κ2) is 3.74. The summed E-state index contributed by atoms with van der Waals surface area (Å²) in [6.45, 7) is 3.89. The Morgan fingerprint density at radius 1 is 1.50 bits per heavy atom. The van der Waals surface area contributed by atoms with E-state index in [2.05, 4.69) is 5.32 Å². The topological polar surface area (TPSA) is 51.2 Å². The van der Waals surface area contributed by atoms with E-state index in [0.29, 0.717) is 0 Å². The lowest BCUT2D eigenvalue weighted by Crippen LogP contribution is -2.33. The molecule has 3 N–H and O–H groups in total. The van der Waals surface area contributed by atoms with Gasteiger partial charge in [0.1, 0.15) is 11.5 Å². The van der Waals surface area contributed by atoms with Gasteiger partial charge in [-0.2, -0.15) is 0 Å². The highest BCUT2D eigenvalue weighted by Crippen LogP contribution is 2.17. The van der Waals surface area contributed by atoms with E-state index in [9.17, 15) is 0 Å². The Morgan fingerprint density at radius 2 is 2.17 bits per heavy atom. The maximum absolute atomic E-state index is 5.77. The fourth-order valence-corrected chi connectivity index (χ4v) is 1.28. The predicted molar refractivity (Wildman–Crippen MR) is 48.9 cm³/mol. The number of nitrogens with two attached hydrogens (primary N) is 1. The standard InChI is InChI=1S/C9H16N2O/c1-6-4-5-8(12-6)9(11-3)7(2)10/h4-5,7,9,11H,10H2,1-3H3. The number of hydrogen-bond acceptors (Lipinski definition) is 3. The molecule has 0 aliphatic rings. The number of rotatable bonds is 3. The molecule has 0 saturated heterocycles. The summed E-state index contributed by atoms with van der Waals surface area (Å²) in [6, 6.07) is 4.07. The molecule has 2 atom stereocenters. The molecule has 0 aliphatic heterocycles. The quantitative estimate of drug-likeness (QED) is 0.713. The molecule has 3 nitrogen and oxygen atoms in total. The molecular formula is C9H16N2O. The Kier molecular flexibility index (Phi) is 2.89. The minimum absolute atomic E-state index is 0.0561. The van der Waals surface area contributed by atoms with Gasteiger partial charge in [-0.15, -0.1) is 0 Å². The first kappa shape index (κ1) is 9.29. The van der Waals surface area contributed by atoms with E-state index in [0.717, 1.165) is 11.5 Å². The predicted octanol–water partition coefficient (Wildman–Crippen LogP) is 1.20. The monoisotopic (exact) mass is 168 g/mol. The zero-order valence-electron chi connectivity index (χ0n) is 7.79. The van der Waals surface area contributed by atoms with Gasteiger partial charge in [-0.1, -0.05) is 0 Å². The molecular weight excluding hydrogens is 152 g/mol. The van der Waals surface area contributed by atoms with Gasteiger partial charge in [-0.3, -0.25) is 0 Å². The van der Waals surface area contributed by atoms with Crippen molar-refractivity contribution >= 4 is 0 Å². The van der Waals surface area contributed by atoms with E-state index in [1.54, 1.807) is 0 Å². The van der Waals surface area contributed by atoms with Crippen molar-refractivity contribution in [2.24, 2.45) is 5.73 Å². The molecule has 0 saturated carbocycles. The van der Waals surface area contributed by atoms with Crippen molar-refractivity contribution in [1.82, 2.24) is 5.32 Å². The third-order valence-corrected chi connectivity index (χ3v) is 1.90. The van der Waals surface area contributed by atoms with Gasteiger partial charge >= 0.3 is 0 Å². The van der Waals surface area contributed by atoms with Crippen LogP contribution in [0.25, 0.3) is 0 Å². The van der Waals surface area contributed by atoms with Gasteiger partial charge in [0.2, 0.25) is 0 Å². The molecule has 3 heteroatoms. The lowest BCUT2D eigenvalue weighted by molar-refractivity contribution is 0.384. The summed E-state index contributed by atoms with van der Waals surface area (Å²) in [5.74, 6) is 1.83. The lowest BCUT2D eigenvalue weighted by Gasteiger charge is -2.17. The summed E-state index contributed by atoms with van der Waals surface area (Å²) in [5, 5.41) is 3.11. The first-order valence-corrected chi connectivity index (χ1v) is 4.14. The first-order valence-electron chi connectivity index (χ1n) is 4.14. The minimum Gasteiger partial charge on any atom is -0.465 e. The van der Waals surface area contributed by atoms with Crippen LogP contribution in [0.1, 0.15) is 24.5 Å². The summed E-state index contributed by atoms with van der Waals surface area (Å²) in [6.07, 6.45) is 0. The van der Waals surface area contributed by atoms with Crippen LogP contribution in [0.5, 0.6) is 0 Å². The van der Waals surface area contributed by atoms with Gasteiger partial charge < -0.3 is 15.5 Å². The maximum atomic E-state index is 5.77. The highest BCUT2D eigenvalue weighted by atomic mass is 16.3. The highest BCUT2D eigenvalue weighted by molar-refractivity contribution is 5.11. The van der Waals surface area contributed by atoms with Crippen molar-refractivity contribution in [2.45, 2.75) is 25.9 Å². The average Bonchev–Trinajstić information content (AvgIpc) is 2.37. The van der Waals surface area contributed by atoms with Crippen LogP contribution in [0.4, 0.5) is 0 Å². The van der Waals surface area contributed by atoms with E-state index in [1.807, 2.05) is 33.0 Å². The number of nitrogens with one attached hydrogen (secondary N) is 1. The highest BCUT2D eigenvalue weighted by Gasteiger charge is 2.16. The van der Waals surface area contributed by atoms with Crippen LogP contribution >= 0.6 is 0 Å². The molecule has 1 aromatic rings. The normalized spacial score (nSPS) is 16.0. The third kappa shape index (κ3) is 1.87. The maximum Gasteiger partial charge on any atom is 0.122 e. The number of likely N-dealkylation sites (N-methyl/N-ethyl adjacent to an activating group) is 1. The van der Waals surface area contributed by atoms with E-state index < -0.39 is 0 Å². The van der Waals surface area contributed by atoms with Crippen molar-refractivity contribution in [3.8, 4) is 0 Å². The van der Waals surface area contributed by atoms with Crippen molar-refractivity contribution in [1.29, 1.82) is 0 Å². The molecule has 0 radical (unpaired) electrons. The molecule has 0 spiro atoms. The van der Waals surface area contributed by atoms with Gasteiger partial charge in [-0.25, -0.2) is 0 Å². The van der Waals surface area contributed by atoms with Gasteiger partial charge in [0.05, 0.1) is 6.04 Å². The zero-order chi connectivity index (χ0) is 9.14. The van der Waals surface area contributed by atoms with Gasteiger partial charge in [-0.05, 0) is 33.0 Å². The Hall–Kier alpha value is -0.800. The summed E-state index contributed by atoms with van der Waals surface area (Å²) in [4.78, 5) is 0. The SMILES string of the molecule is CNC(c1ccc(C)o1)C(C)N. The molecule has 68 valence electrons. The van der Waals surface area contributed by atoms with Crippen LogP contribution in [-0.2, 0) is 0 Å². The van der Waals surface area contributed by atoms with E-state index in [-0.39, 0.29) is 12.1 Å². The second-order valence-electron chi connectivity index (χ2n) is 3.07. The van der Waals surface area contributed by atoms with Crippen LogP contribution in [0.15, 0.2) is 16.5 Å². The van der Waals surface area contributed by atoms with Crippen LogP contribution in [-0.4, -0.2) is 13.1 Å². The van der Waals surface area contributed by atoms with Gasteiger partial charge in [0, 0.05) is 6.04 Å². The van der Waals surface area contributed by atoms with Crippen LogP contribution < -0.4 is 11.1 Å². The average molecular weight is 168 g/mol. The van der Waals surface area contributed by atoms with E-state index >= 15 is 0 Å². The number of aryl methyl sites for hydroxylation is 1. The summed E-state index contributed by atoms with van der Waals surface area (Å²) in [7, 11) is 1.88. The number of hydrogen-bond donors (Lipinski definition) is 2. The van der Waals surface area contributed by atoms with E-state index in [1.165, 1.54) is 0 Å². The molecule has 0 aliphatic carbocycles. The summed E-state index contributed by atoms with van der Waals surface area (Å²) < 4.78 is 5.46. The molecule has 2 unspecified atom stereocenters. The van der Waals surface area contributed by atoms with Gasteiger partial charge in [0.15, 0.2) is 0 Å². The molecule has 0 fully saturated rings. The van der Waals surface area contributed by atoms with Crippen molar-refractivity contribution < 1.29 is 4.42 Å². The molecule has 0 aromatic carbocycles. The van der Waals surface area contributed by atoms with Crippen molar-refractivity contribution in [2.75, 3.05) is 7.05 Å². The Morgan fingerprint density at radius 3 is 2.50 bits per heavy atom. The Labute approximate surface area is 72.9 Å². The lowest BCUT2D eigenvalue weighted by atomic mass is 10.1. The smallest absolute Gasteiger partial charge is 0.122 e. The van der Waals surface area contributed by atoms with Crippen LogP contribution in [0.2, 0.25) is 0 Å². The molecule has 0 bridgehead atoms. The molecule has 1 aromatic heterocycles. The fourth-order valence-electron chi connectivity index (χ4n) is 1.28. The van der Waals surface area contributed by atoms with Crippen molar-refractivity contribution in [3.63, 3.8) is 0 Å². The summed E-state index contributed by atoms with van der Waals surface area (Å²) >= 11 is 0. The second-order valence-corrected chi connectivity index (χ2v) is 3.07. The zero-order valence-corrected chi connectivity index (χ0v) is 7.79. The third-order valence-electron chi connectivity index (χ3n) is 1.90. The summed E-state index contributed by atoms with van der Waals surface area (Å²) in [5.41, 5.74) is 5.77. The Balaban J connectivity index is 2.80. The molecule has 0 amide bonds. The van der Waals surface area contributed by atoms with Gasteiger partial charge in [0.25, 0.3) is 0 Å². The number of furan rings is 1. The van der Waals surface area contributed by atoms with Crippen LogP contribution in [0, 0.1) is 6.92 Å². The molecule has 1 heterocycles. The Bertz CT molecular complexity index is 242. The van der Waals surface area contributed by atoms with Crippen molar-refractivity contribution in [3.05, 3.63) is 23.7 Å². The van der Waals surface area contributed by atoms with E-state index in [4.69, 9.17) is 10.2 Å². The van der Waals surface area contributed by atoms with Crippen LogP contribution in [0.3, 0.4) is 0 Å². The largest absolute Gasteiger partial charge is 0.465 e. The fraction of sp³-hybridized carbons (Fsp3) is 0.556.